The highest BCUT2D eigenvalue weighted by molar-refractivity contribution is 5.79. The van der Waals surface area contributed by atoms with Gasteiger partial charge in [0.05, 0.1) is 6.42 Å². The van der Waals surface area contributed by atoms with E-state index in [0.717, 1.165) is 22.3 Å². The normalized spacial score (nSPS) is 12.1. The molecule has 0 unspecified atom stereocenters. The van der Waals surface area contributed by atoms with E-state index < -0.39 is 53.3 Å². The fraction of sp³-hybridized carbons (Fsp3) is 0.167. The number of carbonyl (C=O) groups excluding carboxylic acids is 2. The Morgan fingerprint density at radius 3 is 1.82 bits per heavy atom. The summed E-state index contributed by atoms with van der Waals surface area (Å²) in [6, 6.07) is 15.4. The topological polar surface area (TPSA) is 64.6 Å². The highest BCUT2D eigenvalue weighted by Crippen LogP contribution is 2.44. The number of ether oxygens (including phenoxy) is 2. The van der Waals surface area contributed by atoms with Crippen molar-refractivity contribution in [1.82, 2.24) is 5.32 Å². The summed E-state index contributed by atoms with van der Waals surface area (Å²) >= 11 is 0. The fourth-order valence-electron chi connectivity index (χ4n) is 3.76. The van der Waals surface area contributed by atoms with Crippen molar-refractivity contribution >= 4 is 12.1 Å². The van der Waals surface area contributed by atoms with Crippen LogP contribution in [0.1, 0.15) is 23.5 Å². The van der Waals surface area contributed by atoms with Crippen LogP contribution in [-0.2, 0) is 9.53 Å². The molecule has 0 spiro atoms. The number of hydrogen-bond acceptors (Lipinski definition) is 4. The van der Waals surface area contributed by atoms with Crippen LogP contribution in [0.15, 0.2) is 48.5 Å². The van der Waals surface area contributed by atoms with Gasteiger partial charge in [-0.05, 0) is 22.3 Å². The molecule has 0 bridgehead atoms. The summed E-state index contributed by atoms with van der Waals surface area (Å²) in [7, 11) is 0. The van der Waals surface area contributed by atoms with Gasteiger partial charge in [-0.25, -0.2) is 18.0 Å². The SMILES string of the molecule is O=C(CCNC(=O)OCC1c2ccccc2-c2ccccc21)Oc1c(F)c(F)c(F)c(F)c1F. The van der Waals surface area contributed by atoms with E-state index in [2.05, 4.69) is 10.1 Å². The van der Waals surface area contributed by atoms with E-state index in [1.807, 2.05) is 48.5 Å². The first-order valence-corrected chi connectivity index (χ1v) is 10.1. The van der Waals surface area contributed by atoms with Crippen molar-refractivity contribution in [2.75, 3.05) is 13.2 Å². The molecule has 0 saturated heterocycles. The summed E-state index contributed by atoms with van der Waals surface area (Å²) in [5, 5.41) is 2.27. The molecule has 1 aliphatic rings. The van der Waals surface area contributed by atoms with Gasteiger partial charge in [0.2, 0.25) is 34.8 Å². The van der Waals surface area contributed by atoms with Gasteiger partial charge < -0.3 is 14.8 Å². The van der Waals surface area contributed by atoms with Crippen molar-refractivity contribution in [1.29, 1.82) is 0 Å². The zero-order chi connectivity index (χ0) is 24.4. The largest absolute Gasteiger partial charge is 0.449 e. The lowest BCUT2D eigenvalue weighted by molar-refractivity contribution is -0.134. The Balaban J connectivity index is 1.30. The molecule has 3 aromatic carbocycles. The monoisotopic (exact) mass is 477 g/mol. The predicted molar refractivity (Wildman–Crippen MR) is 110 cm³/mol. The maximum Gasteiger partial charge on any atom is 0.407 e. The van der Waals surface area contributed by atoms with Crippen LogP contribution < -0.4 is 10.1 Å². The number of nitrogens with one attached hydrogen (secondary N) is 1. The molecule has 1 amide bonds. The number of fused-ring (bicyclic) bond motifs is 3. The van der Waals surface area contributed by atoms with Crippen molar-refractivity contribution in [2.24, 2.45) is 0 Å². The summed E-state index contributed by atoms with van der Waals surface area (Å²) in [4.78, 5) is 23.8. The molecule has 0 heterocycles. The number of alkyl carbamates (subject to hydrolysis) is 1. The Labute approximate surface area is 190 Å². The zero-order valence-electron chi connectivity index (χ0n) is 17.3. The van der Waals surface area contributed by atoms with Crippen molar-refractivity contribution in [2.45, 2.75) is 12.3 Å². The minimum absolute atomic E-state index is 0.0227. The third kappa shape index (κ3) is 4.30. The molecule has 1 aliphatic carbocycles. The van der Waals surface area contributed by atoms with Crippen LogP contribution in [0.5, 0.6) is 5.75 Å². The summed E-state index contributed by atoms with van der Waals surface area (Å²) in [6.07, 6.45) is -1.46. The van der Waals surface area contributed by atoms with E-state index in [0.29, 0.717) is 0 Å². The van der Waals surface area contributed by atoms with E-state index in [1.54, 1.807) is 0 Å². The number of rotatable bonds is 6. The Morgan fingerprint density at radius 2 is 1.26 bits per heavy atom. The third-order valence-corrected chi connectivity index (χ3v) is 5.33. The molecule has 1 N–H and O–H groups in total. The molecule has 0 atom stereocenters. The van der Waals surface area contributed by atoms with E-state index in [1.165, 1.54) is 0 Å². The standard InChI is InChI=1S/C24H16F5NO4/c25-18-19(26)21(28)23(22(29)20(18)27)34-17(31)9-10-30-24(32)33-11-16-14-7-3-1-5-12(14)13-6-2-4-8-15(13)16/h1-8,16H,9-11H2,(H,30,32). The van der Waals surface area contributed by atoms with Crippen LogP contribution in [0, 0.1) is 29.1 Å². The zero-order valence-corrected chi connectivity index (χ0v) is 17.3. The number of amides is 1. The van der Waals surface area contributed by atoms with Crippen molar-refractivity contribution in [3.05, 3.63) is 88.7 Å². The molecule has 4 rings (SSSR count). The smallest absolute Gasteiger partial charge is 0.407 e. The molecule has 0 fully saturated rings. The van der Waals surface area contributed by atoms with Crippen molar-refractivity contribution < 1.29 is 41.0 Å². The van der Waals surface area contributed by atoms with E-state index in [-0.39, 0.29) is 19.1 Å². The number of esters is 1. The highest BCUT2D eigenvalue weighted by Gasteiger charge is 2.30. The number of carbonyl (C=O) groups is 2. The van der Waals surface area contributed by atoms with Crippen LogP contribution in [-0.4, -0.2) is 25.2 Å². The second kappa shape index (κ2) is 9.50. The van der Waals surface area contributed by atoms with Gasteiger partial charge in [0, 0.05) is 12.5 Å². The molecule has 0 radical (unpaired) electrons. The first-order chi connectivity index (χ1) is 16.3. The minimum atomic E-state index is -2.37. The Bertz CT molecular complexity index is 1210. The van der Waals surface area contributed by atoms with Gasteiger partial charge in [0.1, 0.15) is 6.61 Å². The summed E-state index contributed by atoms with van der Waals surface area (Å²) in [5.74, 6) is -14.6. The molecular weight excluding hydrogens is 461 g/mol. The second-order valence-electron chi connectivity index (χ2n) is 7.38. The van der Waals surface area contributed by atoms with Gasteiger partial charge >= 0.3 is 12.1 Å². The molecule has 176 valence electrons. The fourth-order valence-corrected chi connectivity index (χ4v) is 3.76. The Hall–Kier alpha value is -3.95. The van der Waals surface area contributed by atoms with Gasteiger partial charge in [-0.3, -0.25) is 4.79 Å². The van der Waals surface area contributed by atoms with Gasteiger partial charge in [0.15, 0.2) is 0 Å². The molecule has 0 saturated carbocycles. The lowest BCUT2D eigenvalue weighted by Crippen LogP contribution is -2.29. The van der Waals surface area contributed by atoms with Gasteiger partial charge in [-0.2, -0.15) is 8.78 Å². The highest BCUT2D eigenvalue weighted by atomic mass is 19.2. The lowest BCUT2D eigenvalue weighted by atomic mass is 9.98. The quantitative estimate of drug-likeness (QED) is 0.174. The molecule has 3 aromatic rings. The van der Waals surface area contributed by atoms with Gasteiger partial charge in [-0.1, -0.05) is 48.5 Å². The summed E-state index contributed by atoms with van der Waals surface area (Å²) in [6.45, 7) is -0.334. The van der Waals surface area contributed by atoms with Crippen LogP contribution >= 0.6 is 0 Å². The average Bonchev–Trinajstić information content (AvgIpc) is 3.16. The lowest BCUT2D eigenvalue weighted by Gasteiger charge is -2.14. The maximum absolute atomic E-state index is 13.6. The third-order valence-electron chi connectivity index (χ3n) is 5.33. The van der Waals surface area contributed by atoms with Crippen LogP contribution in [0.3, 0.4) is 0 Å². The Morgan fingerprint density at radius 1 is 0.765 bits per heavy atom. The van der Waals surface area contributed by atoms with Crippen LogP contribution in [0.2, 0.25) is 0 Å². The van der Waals surface area contributed by atoms with Crippen LogP contribution in [0.4, 0.5) is 26.7 Å². The minimum Gasteiger partial charge on any atom is -0.449 e. The Kier molecular flexibility index (Phi) is 6.49. The average molecular weight is 477 g/mol. The van der Waals surface area contributed by atoms with Crippen molar-refractivity contribution in [3.63, 3.8) is 0 Å². The van der Waals surface area contributed by atoms with Gasteiger partial charge in [-0.15, -0.1) is 0 Å². The first kappa shape index (κ1) is 23.2. The predicted octanol–water partition coefficient (Wildman–Crippen LogP) is 5.22. The molecule has 0 aliphatic heterocycles. The number of benzene rings is 3. The summed E-state index contributed by atoms with van der Waals surface area (Å²) in [5.41, 5.74) is 4.09. The molecule has 0 aromatic heterocycles. The molecular formula is C24H16F5NO4. The number of halogens is 5. The maximum atomic E-state index is 13.6. The first-order valence-electron chi connectivity index (χ1n) is 10.1. The summed E-state index contributed by atoms with van der Waals surface area (Å²) < 4.78 is 76.1. The van der Waals surface area contributed by atoms with Crippen molar-refractivity contribution in [3.8, 4) is 16.9 Å². The molecule has 34 heavy (non-hydrogen) atoms. The van der Waals surface area contributed by atoms with E-state index in [4.69, 9.17) is 4.74 Å². The second-order valence-corrected chi connectivity index (χ2v) is 7.38. The molecule has 10 heteroatoms. The van der Waals surface area contributed by atoms with Crippen LogP contribution in [0.25, 0.3) is 11.1 Å². The number of hydrogen-bond donors (Lipinski definition) is 1. The van der Waals surface area contributed by atoms with E-state index >= 15 is 0 Å². The van der Waals surface area contributed by atoms with Gasteiger partial charge in [0.25, 0.3) is 0 Å². The van der Waals surface area contributed by atoms with E-state index in [9.17, 15) is 31.5 Å². The molecule has 5 nitrogen and oxygen atoms in total.